The predicted octanol–water partition coefficient (Wildman–Crippen LogP) is 1.03. The van der Waals surface area contributed by atoms with Crippen molar-refractivity contribution in [1.29, 1.82) is 0 Å². The first-order chi connectivity index (χ1) is 5.79. The molecule has 1 heterocycles. The van der Waals surface area contributed by atoms with E-state index in [1.165, 1.54) is 0 Å². The summed E-state index contributed by atoms with van der Waals surface area (Å²) in [7, 11) is 0. The topological polar surface area (TPSA) is 29.5 Å². The normalized spacial score (nSPS) is 31.4. The lowest BCUT2D eigenvalue weighted by Gasteiger charge is -2.24. The molecule has 0 unspecified atom stereocenters. The molecular formula is C9H17NO2. The first-order valence-electron chi connectivity index (χ1n) is 4.68. The smallest absolute Gasteiger partial charge is 0.219 e. The third-order valence-corrected chi connectivity index (χ3v) is 2.17. The SMILES string of the molecule is CC.CC(=O)N1CCO[C@H]2C[C@H]21. The van der Waals surface area contributed by atoms with Gasteiger partial charge in [0.05, 0.1) is 18.8 Å². The molecule has 0 aromatic carbocycles. The minimum Gasteiger partial charge on any atom is -0.374 e. The van der Waals surface area contributed by atoms with Crippen molar-refractivity contribution < 1.29 is 9.53 Å². The van der Waals surface area contributed by atoms with Gasteiger partial charge in [-0.1, -0.05) is 13.8 Å². The van der Waals surface area contributed by atoms with Gasteiger partial charge >= 0.3 is 0 Å². The molecule has 0 aromatic rings. The van der Waals surface area contributed by atoms with Crippen molar-refractivity contribution in [3.63, 3.8) is 0 Å². The predicted molar refractivity (Wildman–Crippen MR) is 46.9 cm³/mol. The van der Waals surface area contributed by atoms with Crippen LogP contribution in [0.1, 0.15) is 27.2 Å². The molecule has 12 heavy (non-hydrogen) atoms. The van der Waals surface area contributed by atoms with E-state index in [0.717, 1.165) is 19.6 Å². The van der Waals surface area contributed by atoms with E-state index < -0.39 is 0 Å². The number of morpholine rings is 1. The molecule has 3 heteroatoms. The fourth-order valence-electron chi connectivity index (χ4n) is 1.53. The molecule has 1 amide bonds. The van der Waals surface area contributed by atoms with Crippen molar-refractivity contribution in [3.8, 4) is 0 Å². The van der Waals surface area contributed by atoms with Gasteiger partial charge in [0, 0.05) is 13.5 Å². The maximum Gasteiger partial charge on any atom is 0.219 e. The lowest BCUT2D eigenvalue weighted by Crippen LogP contribution is -2.39. The lowest BCUT2D eigenvalue weighted by atomic mass is 10.4. The van der Waals surface area contributed by atoms with Crippen LogP contribution >= 0.6 is 0 Å². The molecule has 1 saturated carbocycles. The van der Waals surface area contributed by atoms with Crippen molar-refractivity contribution in [3.05, 3.63) is 0 Å². The second-order valence-electron chi connectivity index (χ2n) is 2.92. The van der Waals surface area contributed by atoms with Crippen LogP contribution in [0.2, 0.25) is 0 Å². The number of nitrogens with zero attached hydrogens (tertiary/aromatic N) is 1. The third-order valence-electron chi connectivity index (χ3n) is 2.17. The lowest BCUT2D eigenvalue weighted by molar-refractivity contribution is -0.133. The van der Waals surface area contributed by atoms with Crippen LogP contribution < -0.4 is 0 Å². The van der Waals surface area contributed by atoms with Crippen LogP contribution in [0.5, 0.6) is 0 Å². The average molecular weight is 171 g/mol. The molecule has 3 nitrogen and oxygen atoms in total. The Kier molecular flexibility index (Phi) is 3.09. The largest absolute Gasteiger partial charge is 0.374 e. The number of rotatable bonds is 0. The number of hydrogen-bond donors (Lipinski definition) is 0. The summed E-state index contributed by atoms with van der Waals surface area (Å²) in [5.74, 6) is 0.191. The Hall–Kier alpha value is -0.570. The Morgan fingerprint density at radius 3 is 2.67 bits per heavy atom. The maximum atomic E-state index is 10.9. The van der Waals surface area contributed by atoms with Crippen LogP contribution in [0.3, 0.4) is 0 Å². The molecule has 1 aliphatic carbocycles. The van der Waals surface area contributed by atoms with Gasteiger partial charge in [0.1, 0.15) is 0 Å². The van der Waals surface area contributed by atoms with Crippen LogP contribution in [0.25, 0.3) is 0 Å². The summed E-state index contributed by atoms with van der Waals surface area (Å²) in [5.41, 5.74) is 0. The maximum absolute atomic E-state index is 10.9. The summed E-state index contributed by atoms with van der Waals surface area (Å²) in [6.45, 7) is 7.14. The molecule has 0 spiro atoms. The number of fused-ring (bicyclic) bond motifs is 1. The summed E-state index contributed by atoms with van der Waals surface area (Å²) >= 11 is 0. The van der Waals surface area contributed by atoms with E-state index in [2.05, 4.69) is 0 Å². The van der Waals surface area contributed by atoms with Crippen molar-refractivity contribution in [1.82, 2.24) is 4.90 Å². The van der Waals surface area contributed by atoms with Crippen molar-refractivity contribution >= 4 is 5.91 Å². The van der Waals surface area contributed by atoms with Gasteiger partial charge in [0.15, 0.2) is 0 Å². The zero-order chi connectivity index (χ0) is 9.14. The number of carbonyl (C=O) groups excluding carboxylic acids is 1. The molecule has 2 atom stereocenters. The van der Waals surface area contributed by atoms with E-state index in [9.17, 15) is 4.79 Å². The highest BCUT2D eigenvalue weighted by Crippen LogP contribution is 2.34. The van der Waals surface area contributed by atoms with Crippen LogP contribution in [-0.4, -0.2) is 36.1 Å². The number of amides is 1. The van der Waals surface area contributed by atoms with E-state index in [0.29, 0.717) is 12.1 Å². The average Bonchev–Trinajstić information content (AvgIpc) is 2.85. The summed E-state index contributed by atoms with van der Waals surface area (Å²) < 4.78 is 5.34. The second-order valence-corrected chi connectivity index (χ2v) is 2.92. The summed E-state index contributed by atoms with van der Waals surface area (Å²) in [6.07, 6.45) is 1.43. The molecule has 2 rings (SSSR count). The van der Waals surface area contributed by atoms with E-state index in [-0.39, 0.29) is 5.91 Å². The Morgan fingerprint density at radius 2 is 2.17 bits per heavy atom. The van der Waals surface area contributed by atoms with Gasteiger partial charge < -0.3 is 9.64 Å². The molecular weight excluding hydrogens is 154 g/mol. The standard InChI is InChI=1S/C7H11NO2.C2H6/c1-5(9)8-2-3-10-7-4-6(7)8;1-2/h6-7H,2-4H2,1H3;1-2H3/t6-,7+;/m1./s1. The van der Waals surface area contributed by atoms with Gasteiger partial charge in [-0.15, -0.1) is 0 Å². The van der Waals surface area contributed by atoms with Gasteiger partial charge in [-0.05, 0) is 6.42 Å². The van der Waals surface area contributed by atoms with Gasteiger partial charge in [-0.25, -0.2) is 0 Å². The van der Waals surface area contributed by atoms with Crippen molar-refractivity contribution in [2.75, 3.05) is 13.2 Å². The van der Waals surface area contributed by atoms with E-state index >= 15 is 0 Å². The second kappa shape index (κ2) is 3.90. The van der Waals surface area contributed by atoms with Crippen LogP contribution in [0.15, 0.2) is 0 Å². The van der Waals surface area contributed by atoms with Crippen LogP contribution in [0, 0.1) is 0 Å². The van der Waals surface area contributed by atoms with Gasteiger partial charge in [0.2, 0.25) is 5.91 Å². The molecule has 0 aromatic heterocycles. The van der Waals surface area contributed by atoms with Crippen LogP contribution in [0.4, 0.5) is 0 Å². The Bertz CT molecular complexity index is 170. The highest BCUT2D eigenvalue weighted by Gasteiger charge is 2.46. The summed E-state index contributed by atoms with van der Waals surface area (Å²) in [6, 6.07) is 0.422. The zero-order valence-electron chi connectivity index (χ0n) is 8.04. The zero-order valence-corrected chi connectivity index (χ0v) is 8.04. The number of hydrogen-bond acceptors (Lipinski definition) is 2. The fraction of sp³-hybridized carbons (Fsp3) is 0.889. The molecule has 1 aliphatic heterocycles. The Balaban J connectivity index is 0.000000336. The third kappa shape index (κ3) is 1.78. The fourth-order valence-corrected chi connectivity index (χ4v) is 1.53. The van der Waals surface area contributed by atoms with Crippen molar-refractivity contribution in [2.24, 2.45) is 0 Å². The van der Waals surface area contributed by atoms with E-state index in [1.807, 2.05) is 18.7 Å². The van der Waals surface area contributed by atoms with E-state index in [4.69, 9.17) is 4.74 Å². The summed E-state index contributed by atoms with van der Waals surface area (Å²) in [5, 5.41) is 0. The molecule has 2 fully saturated rings. The van der Waals surface area contributed by atoms with Gasteiger partial charge in [-0.2, -0.15) is 0 Å². The molecule has 1 saturated heterocycles. The summed E-state index contributed by atoms with van der Waals surface area (Å²) in [4.78, 5) is 12.8. The number of ether oxygens (including phenoxy) is 1. The minimum atomic E-state index is 0.191. The van der Waals surface area contributed by atoms with Crippen LogP contribution in [-0.2, 0) is 9.53 Å². The molecule has 0 radical (unpaired) electrons. The van der Waals surface area contributed by atoms with Gasteiger partial charge in [0.25, 0.3) is 0 Å². The molecule has 70 valence electrons. The van der Waals surface area contributed by atoms with E-state index in [1.54, 1.807) is 6.92 Å². The monoisotopic (exact) mass is 171 g/mol. The Labute approximate surface area is 73.7 Å². The quantitative estimate of drug-likeness (QED) is 0.545. The Morgan fingerprint density at radius 1 is 1.50 bits per heavy atom. The minimum absolute atomic E-state index is 0.191. The first-order valence-corrected chi connectivity index (χ1v) is 4.68. The van der Waals surface area contributed by atoms with Gasteiger partial charge in [-0.3, -0.25) is 4.79 Å². The highest BCUT2D eigenvalue weighted by molar-refractivity contribution is 5.74. The number of carbonyl (C=O) groups is 1. The molecule has 0 N–H and O–H groups in total. The highest BCUT2D eigenvalue weighted by atomic mass is 16.5. The van der Waals surface area contributed by atoms with Crippen molar-refractivity contribution in [2.45, 2.75) is 39.3 Å². The molecule has 0 bridgehead atoms. The first kappa shape index (κ1) is 9.52. The molecule has 2 aliphatic rings.